The average molecular weight is 480 g/mol. The van der Waals surface area contributed by atoms with Crippen molar-refractivity contribution in [3.63, 3.8) is 0 Å². The van der Waals surface area contributed by atoms with Crippen LogP contribution in [0.3, 0.4) is 0 Å². The SMILES string of the molecule is CC[C@@]1(O)C(=O)OCc2c1cc1n(c2=O)Cc2cc3c(C/C=N/OC(C)(C)C)c(F)ccc3nc2-1. The quantitative estimate of drug-likeness (QED) is 0.273. The lowest BCUT2D eigenvalue weighted by molar-refractivity contribution is -0.172. The number of esters is 1. The number of ether oxygens (including phenoxy) is 1. The Balaban J connectivity index is 1.61. The van der Waals surface area contributed by atoms with Gasteiger partial charge in [0.25, 0.3) is 5.56 Å². The number of hydrogen-bond donors (Lipinski definition) is 1. The topological polar surface area (TPSA) is 103 Å². The van der Waals surface area contributed by atoms with Crippen LogP contribution in [0.5, 0.6) is 0 Å². The summed E-state index contributed by atoms with van der Waals surface area (Å²) in [5.41, 5.74) is 0.677. The number of nitrogens with zero attached hydrogens (tertiary/aromatic N) is 3. The number of aliphatic hydroxyl groups is 1. The summed E-state index contributed by atoms with van der Waals surface area (Å²) in [5.74, 6) is -1.15. The number of aromatic nitrogens is 2. The first-order valence-corrected chi connectivity index (χ1v) is 11.5. The molecule has 0 spiro atoms. The molecule has 0 unspecified atom stereocenters. The van der Waals surface area contributed by atoms with E-state index in [1.54, 1.807) is 23.6 Å². The number of benzene rings is 1. The number of rotatable bonds is 4. The predicted octanol–water partition coefficient (Wildman–Crippen LogP) is 3.56. The lowest BCUT2D eigenvalue weighted by atomic mass is 9.86. The van der Waals surface area contributed by atoms with Crippen LogP contribution < -0.4 is 5.56 Å². The molecular formula is C26H26FN3O5. The van der Waals surface area contributed by atoms with Crippen LogP contribution >= 0.6 is 0 Å². The molecule has 0 saturated heterocycles. The van der Waals surface area contributed by atoms with Crippen molar-refractivity contribution in [1.82, 2.24) is 9.55 Å². The highest BCUT2D eigenvalue weighted by atomic mass is 19.1. The smallest absolute Gasteiger partial charge is 0.343 e. The molecule has 1 aromatic carbocycles. The Kier molecular flexibility index (Phi) is 5.28. The largest absolute Gasteiger partial charge is 0.458 e. The molecule has 5 rings (SSSR count). The van der Waals surface area contributed by atoms with Gasteiger partial charge in [-0.15, -0.1) is 0 Å². The van der Waals surface area contributed by atoms with Crippen LogP contribution in [0.4, 0.5) is 4.39 Å². The molecule has 8 nitrogen and oxygen atoms in total. The minimum Gasteiger partial charge on any atom is -0.458 e. The number of oxime groups is 1. The Morgan fingerprint density at radius 1 is 1.31 bits per heavy atom. The molecule has 0 bridgehead atoms. The summed E-state index contributed by atoms with van der Waals surface area (Å²) in [6.45, 7) is 7.33. The van der Waals surface area contributed by atoms with Crippen LogP contribution in [0.1, 0.15) is 56.4 Å². The second kappa shape index (κ2) is 7.98. The molecule has 0 fully saturated rings. The van der Waals surface area contributed by atoms with Gasteiger partial charge < -0.3 is 19.2 Å². The van der Waals surface area contributed by atoms with Crippen molar-refractivity contribution in [2.24, 2.45) is 5.16 Å². The number of halogens is 1. The van der Waals surface area contributed by atoms with Crippen LogP contribution in [-0.2, 0) is 39.5 Å². The number of hydrogen-bond acceptors (Lipinski definition) is 7. The molecule has 9 heteroatoms. The highest BCUT2D eigenvalue weighted by Crippen LogP contribution is 2.39. The zero-order valence-corrected chi connectivity index (χ0v) is 20.0. The molecule has 1 N–H and O–H groups in total. The summed E-state index contributed by atoms with van der Waals surface area (Å²) in [4.78, 5) is 35.7. The molecule has 3 aromatic rings. The fraction of sp³-hybridized carbons (Fsp3) is 0.385. The summed E-state index contributed by atoms with van der Waals surface area (Å²) >= 11 is 0. The highest BCUT2D eigenvalue weighted by Gasteiger charge is 2.45. The molecule has 35 heavy (non-hydrogen) atoms. The molecule has 0 amide bonds. The Hall–Kier alpha value is -3.59. The maximum absolute atomic E-state index is 14.8. The van der Waals surface area contributed by atoms with E-state index in [0.717, 1.165) is 5.56 Å². The molecule has 182 valence electrons. The third kappa shape index (κ3) is 3.70. The maximum Gasteiger partial charge on any atom is 0.343 e. The van der Waals surface area contributed by atoms with Crippen molar-refractivity contribution < 1.29 is 23.9 Å². The van der Waals surface area contributed by atoms with Gasteiger partial charge in [-0.3, -0.25) is 4.79 Å². The minimum atomic E-state index is -1.88. The summed E-state index contributed by atoms with van der Waals surface area (Å²) in [7, 11) is 0. The van der Waals surface area contributed by atoms with Gasteiger partial charge in [0.05, 0.1) is 29.0 Å². The van der Waals surface area contributed by atoms with E-state index >= 15 is 0 Å². The van der Waals surface area contributed by atoms with Crippen LogP contribution in [0.2, 0.25) is 0 Å². The Labute approximate surface area is 201 Å². The summed E-state index contributed by atoms with van der Waals surface area (Å²) < 4.78 is 21.4. The predicted molar refractivity (Wildman–Crippen MR) is 128 cm³/mol. The standard InChI is InChI=1S/C26H26FN3O5/c1-5-26(33)18-11-21-22-14(12-30(21)23(31)17(18)13-34-24(26)32)10-16-15(8-9-28-35-25(2,3)4)19(27)6-7-20(16)29-22/h6-7,9-11,33H,5,8,12-13H2,1-4H3/b28-9+/t26-/m0/s1. The van der Waals surface area contributed by atoms with E-state index in [1.165, 1.54) is 12.3 Å². The van der Waals surface area contributed by atoms with E-state index in [9.17, 15) is 19.1 Å². The van der Waals surface area contributed by atoms with Crippen molar-refractivity contribution in [1.29, 1.82) is 0 Å². The normalized spacial score (nSPS) is 19.0. The molecule has 0 radical (unpaired) electrons. The Bertz CT molecular complexity index is 1470. The van der Waals surface area contributed by atoms with E-state index in [1.807, 2.05) is 26.8 Å². The highest BCUT2D eigenvalue weighted by molar-refractivity contribution is 5.89. The molecule has 0 aliphatic carbocycles. The summed E-state index contributed by atoms with van der Waals surface area (Å²) in [6, 6.07) is 6.45. The van der Waals surface area contributed by atoms with Gasteiger partial charge in [0.15, 0.2) is 5.60 Å². The van der Waals surface area contributed by atoms with Crippen LogP contribution in [0.25, 0.3) is 22.3 Å². The van der Waals surface area contributed by atoms with Gasteiger partial charge >= 0.3 is 5.97 Å². The van der Waals surface area contributed by atoms with Gasteiger partial charge in [-0.1, -0.05) is 12.1 Å². The fourth-order valence-corrected chi connectivity index (χ4v) is 4.62. The van der Waals surface area contributed by atoms with E-state index in [2.05, 4.69) is 5.16 Å². The molecule has 4 heterocycles. The average Bonchev–Trinajstić information content (AvgIpc) is 3.16. The second-order valence-corrected chi connectivity index (χ2v) is 9.89. The Morgan fingerprint density at radius 3 is 2.80 bits per heavy atom. The molecule has 0 saturated carbocycles. The first-order chi connectivity index (χ1) is 16.5. The van der Waals surface area contributed by atoms with Crippen molar-refractivity contribution in [2.75, 3.05) is 0 Å². The van der Waals surface area contributed by atoms with Crippen LogP contribution in [0.15, 0.2) is 34.2 Å². The second-order valence-electron chi connectivity index (χ2n) is 9.89. The zero-order chi connectivity index (χ0) is 25.1. The third-order valence-electron chi connectivity index (χ3n) is 6.44. The van der Waals surface area contributed by atoms with Crippen molar-refractivity contribution in [3.05, 3.63) is 62.7 Å². The monoisotopic (exact) mass is 479 g/mol. The van der Waals surface area contributed by atoms with Crippen molar-refractivity contribution >= 4 is 23.1 Å². The number of carbonyl (C=O) groups is 1. The molecule has 2 aromatic heterocycles. The molecule has 2 aliphatic rings. The molecular weight excluding hydrogens is 453 g/mol. The van der Waals surface area contributed by atoms with Crippen LogP contribution in [-0.4, -0.2) is 32.4 Å². The first-order valence-electron chi connectivity index (χ1n) is 11.5. The van der Waals surface area contributed by atoms with E-state index in [-0.39, 0.29) is 48.5 Å². The number of cyclic esters (lactones) is 1. The number of carbonyl (C=O) groups excluding carboxylic acids is 1. The lowest BCUT2D eigenvalue weighted by Gasteiger charge is -2.31. The molecule has 2 aliphatic heterocycles. The number of pyridine rings is 2. The minimum absolute atomic E-state index is 0.0723. The zero-order valence-electron chi connectivity index (χ0n) is 20.0. The van der Waals surface area contributed by atoms with E-state index in [4.69, 9.17) is 14.6 Å². The lowest BCUT2D eigenvalue weighted by Crippen LogP contribution is -2.44. The van der Waals surface area contributed by atoms with Gasteiger partial charge in [-0.25, -0.2) is 14.2 Å². The molecule has 1 atom stereocenters. The third-order valence-corrected chi connectivity index (χ3v) is 6.44. The van der Waals surface area contributed by atoms with E-state index < -0.39 is 17.2 Å². The fourth-order valence-electron chi connectivity index (χ4n) is 4.62. The van der Waals surface area contributed by atoms with Crippen molar-refractivity contribution in [2.45, 2.75) is 64.9 Å². The van der Waals surface area contributed by atoms with Gasteiger partial charge in [0.2, 0.25) is 0 Å². The first kappa shape index (κ1) is 23.2. The van der Waals surface area contributed by atoms with E-state index in [0.29, 0.717) is 27.9 Å². The van der Waals surface area contributed by atoms with Gasteiger partial charge in [-0.2, -0.15) is 0 Å². The van der Waals surface area contributed by atoms with Gasteiger partial charge in [0, 0.05) is 34.7 Å². The Morgan fingerprint density at radius 2 is 2.09 bits per heavy atom. The summed E-state index contributed by atoms with van der Waals surface area (Å²) in [5, 5.41) is 15.6. The van der Waals surface area contributed by atoms with Crippen molar-refractivity contribution in [3.8, 4) is 11.4 Å². The van der Waals surface area contributed by atoms with Gasteiger partial charge in [0.1, 0.15) is 18.0 Å². The van der Waals surface area contributed by atoms with Crippen LogP contribution in [0, 0.1) is 5.82 Å². The summed E-state index contributed by atoms with van der Waals surface area (Å²) in [6.07, 6.45) is 1.80. The number of fused-ring (bicyclic) bond motifs is 5. The van der Waals surface area contributed by atoms with Gasteiger partial charge in [-0.05, 0) is 51.5 Å². The maximum atomic E-state index is 14.8.